The number of hydrogen-bond donors (Lipinski definition) is 3. The summed E-state index contributed by atoms with van der Waals surface area (Å²) in [6.07, 6.45) is 0.423. The lowest BCUT2D eigenvalue weighted by atomic mass is 9.93. The first-order valence-corrected chi connectivity index (χ1v) is 9.68. The number of hydrogen-bond acceptors (Lipinski definition) is 5. The Hall–Kier alpha value is -2.71. The molecular weight excluding hydrogens is 374 g/mol. The molecule has 0 radical (unpaired) electrons. The Morgan fingerprint density at radius 2 is 1.97 bits per heavy atom. The van der Waals surface area contributed by atoms with E-state index in [0.717, 1.165) is 10.9 Å². The molecule has 0 spiro atoms. The van der Waals surface area contributed by atoms with Gasteiger partial charge in [-0.15, -0.1) is 0 Å². The summed E-state index contributed by atoms with van der Waals surface area (Å²) >= 11 is 0. The van der Waals surface area contributed by atoms with Crippen molar-refractivity contribution in [2.45, 2.75) is 31.9 Å². The van der Waals surface area contributed by atoms with Crippen molar-refractivity contribution in [1.82, 2.24) is 15.2 Å². The van der Waals surface area contributed by atoms with Gasteiger partial charge in [-0.25, -0.2) is 0 Å². The number of carbonyl (C=O) groups excluding carboxylic acids is 3. The number of aliphatic hydroxyl groups excluding tert-OH is 1. The number of benzene rings is 1. The molecule has 1 aromatic carbocycles. The number of epoxide rings is 1. The van der Waals surface area contributed by atoms with E-state index in [-0.39, 0.29) is 30.8 Å². The number of ether oxygens (including phenoxy) is 1. The second kappa shape index (κ2) is 8.34. The molecule has 8 nitrogen and oxygen atoms in total. The number of aryl methyl sites for hydroxylation is 1. The molecule has 1 saturated heterocycles. The van der Waals surface area contributed by atoms with Crippen LogP contribution in [-0.4, -0.2) is 58.7 Å². The third-order valence-corrected chi connectivity index (χ3v) is 5.15. The van der Waals surface area contributed by atoms with Crippen molar-refractivity contribution in [3.63, 3.8) is 0 Å². The van der Waals surface area contributed by atoms with Gasteiger partial charge in [0.25, 0.3) is 5.91 Å². The summed E-state index contributed by atoms with van der Waals surface area (Å²) in [6.45, 7) is 3.37. The number of amides is 2. The molecule has 0 aliphatic carbocycles. The van der Waals surface area contributed by atoms with Gasteiger partial charge in [0, 0.05) is 18.0 Å². The van der Waals surface area contributed by atoms with E-state index >= 15 is 0 Å². The molecule has 2 amide bonds. The molecule has 2 aromatic rings. The summed E-state index contributed by atoms with van der Waals surface area (Å²) in [7, 11) is 1.79. The summed E-state index contributed by atoms with van der Waals surface area (Å²) in [5.74, 6) is -1.01. The Morgan fingerprint density at radius 1 is 1.28 bits per heavy atom. The van der Waals surface area contributed by atoms with E-state index in [1.165, 1.54) is 0 Å². The SMILES string of the molecule is CC(C)CC(NC(=O)CNC(=O)c1cc2ccccc2n1C)C(=O)C1(CO)CO1. The molecule has 1 aliphatic heterocycles. The second-order valence-corrected chi connectivity index (χ2v) is 7.89. The van der Waals surface area contributed by atoms with E-state index in [1.54, 1.807) is 17.7 Å². The molecule has 2 atom stereocenters. The fourth-order valence-electron chi connectivity index (χ4n) is 3.42. The van der Waals surface area contributed by atoms with Gasteiger partial charge in [0.15, 0.2) is 11.4 Å². The van der Waals surface area contributed by atoms with Crippen molar-refractivity contribution in [2.24, 2.45) is 13.0 Å². The highest BCUT2D eigenvalue weighted by molar-refractivity contribution is 6.01. The average Bonchev–Trinajstić information content (AvgIpc) is 3.43. The molecule has 1 fully saturated rings. The van der Waals surface area contributed by atoms with Crippen LogP contribution in [0.2, 0.25) is 0 Å². The number of para-hydroxylation sites is 1. The fraction of sp³-hybridized carbons (Fsp3) is 0.476. The van der Waals surface area contributed by atoms with Crippen LogP contribution in [0.4, 0.5) is 0 Å². The fourth-order valence-corrected chi connectivity index (χ4v) is 3.42. The molecule has 0 saturated carbocycles. The third-order valence-electron chi connectivity index (χ3n) is 5.15. The van der Waals surface area contributed by atoms with Crippen LogP contribution in [-0.2, 0) is 21.4 Å². The largest absolute Gasteiger partial charge is 0.393 e. The van der Waals surface area contributed by atoms with Crippen molar-refractivity contribution >= 4 is 28.5 Å². The maximum Gasteiger partial charge on any atom is 0.268 e. The van der Waals surface area contributed by atoms with Gasteiger partial charge in [0.1, 0.15) is 5.69 Å². The third kappa shape index (κ3) is 4.49. The van der Waals surface area contributed by atoms with Crippen LogP contribution in [0.5, 0.6) is 0 Å². The van der Waals surface area contributed by atoms with E-state index in [4.69, 9.17) is 4.74 Å². The first kappa shape index (κ1) is 21.0. The van der Waals surface area contributed by atoms with E-state index in [9.17, 15) is 19.5 Å². The molecule has 3 N–H and O–H groups in total. The van der Waals surface area contributed by atoms with E-state index in [0.29, 0.717) is 12.1 Å². The quantitative estimate of drug-likeness (QED) is 0.537. The number of nitrogens with one attached hydrogen (secondary N) is 2. The Labute approximate surface area is 169 Å². The Morgan fingerprint density at radius 3 is 2.55 bits per heavy atom. The molecule has 2 heterocycles. The zero-order valence-corrected chi connectivity index (χ0v) is 16.9. The maximum absolute atomic E-state index is 12.6. The molecule has 1 aromatic heterocycles. The second-order valence-electron chi connectivity index (χ2n) is 7.89. The minimum Gasteiger partial charge on any atom is -0.393 e. The van der Waals surface area contributed by atoms with Crippen LogP contribution >= 0.6 is 0 Å². The zero-order valence-electron chi connectivity index (χ0n) is 16.9. The summed E-state index contributed by atoms with van der Waals surface area (Å²) < 4.78 is 6.89. The first-order valence-electron chi connectivity index (χ1n) is 9.68. The van der Waals surface area contributed by atoms with E-state index < -0.39 is 24.2 Å². The predicted octanol–water partition coefficient (Wildman–Crippen LogP) is 0.769. The van der Waals surface area contributed by atoms with E-state index in [1.807, 2.05) is 38.1 Å². The number of fused-ring (bicyclic) bond motifs is 1. The molecule has 0 bridgehead atoms. The van der Waals surface area contributed by atoms with Gasteiger partial charge in [0.2, 0.25) is 5.91 Å². The van der Waals surface area contributed by atoms with Crippen molar-refractivity contribution in [2.75, 3.05) is 19.8 Å². The highest BCUT2D eigenvalue weighted by atomic mass is 16.6. The van der Waals surface area contributed by atoms with Crippen molar-refractivity contribution in [3.05, 3.63) is 36.0 Å². The van der Waals surface area contributed by atoms with Crippen molar-refractivity contribution in [1.29, 1.82) is 0 Å². The van der Waals surface area contributed by atoms with Gasteiger partial charge < -0.3 is 25.0 Å². The zero-order chi connectivity index (χ0) is 21.2. The summed E-state index contributed by atoms with van der Waals surface area (Å²) in [6, 6.07) is 8.61. The van der Waals surface area contributed by atoms with Crippen LogP contribution in [0.25, 0.3) is 10.9 Å². The number of rotatable bonds is 9. The van der Waals surface area contributed by atoms with Crippen LogP contribution < -0.4 is 10.6 Å². The standard InChI is InChI=1S/C21H27N3O5/c1-13(2)8-15(19(27)21(11-25)12-29-21)23-18(26)10-22-20(28)17-9-14-6-4-5-7-16(14)24(17)3/h4-7,9,13,15,25H,8,10-12H2,1-3H3,(H,22,28)(H,23,26). The minimum absolute atomic E-state index is 0.157. The smallest absolute Gasteiger partial charge is 0.268 e. The van der Waals surface area contributed by atoms with Crippen LogP contribution in [0.15, 0.2) is 30.3 Å². The van der Waals surface area contributed by atoms with Crippen LogP contribution in [0.1, 0.15) is 30.8 Å². The molecule has 1 aliphatic rings. The number of aliphatic hydroxyl groups is 1. The van der Waals surface area contributed by atoms with Crippen LogP contribution in [0, 0.1) is 5.92 Å². The normalized spacial score (nSPS) is 19.2. The predicted molar refractivity (Wildman–Crippen MR) is 107 cm³/mol. The summed E-state index contributed by atoms with van der Waals surface area (Å²) in [4.78, 5) is 37.5. The first-order chi connectivity index (χ1) is 13.8. The van der Waals surface area contributed by atoms with Gasteiger partial charge in [-0.3, -0.25) is 14.4 Å². The Bertz CT molecular complexity index is 930. The summed E-state index contributed by atoms with van der Waals surface area (Å²) in [5.41, 5.74) is 0.169. The Balaban J connectivity index is 1.61. The molecule has 2 unspecified atom stereocenters. The number of Topliss-reactive ketones (excluding diaryl/α,β-unsaturated/α-hetero) is 1. The molecule has 29 heavy (non-hydrogen) atoms. The van der Waals surface area contributed by atoms with Gasteiger partial charge in [-0.2, -0.15) is 0 Å². The topological polar surface area (TPSA) is 113 Å². The number of aromatic nitrogens is 1. The molecule has 156 valence electrons. The number of carbonyl (C=O) groups is 3. The number of nitrogens with zero attached hydrogens (tertiary/aromatic N) is 1. The molecule has 8 heteroatoms. The van der Waals surface area contributed by atoms with Gasteiger partial charge in [-0.05, 0) is 24.5 Å². The lowest BCUT2D eigenvalue weighted by Gasteiger charge is -2.22. The van der Waals surface area contributed by atoms with Gasteiger partial charge in [-0.1, -0.05) is 32.0 Å². The van der Waals surface area contributed by atoms with Crippen molar-refractivity contribution < 1.29 is 24.2 Å². The highest BCUT2D eigenvalue weighted by Gasteiger charge is 2.54. The summed E-state index contributed by atoms with van der Waals surface area (Å²) in [5, 5.41) is 15.6. The maximum atomic E-state index is 12.6. The van der Waals surface area contributed by atoms with Crippen molar-refractivity contribution in [3.8, 4) is 0 Å². The molecule has 3 rings (SSSR count). The molecular formula is C21H27N3O5. The lowest BCUT2D eigenvalue weighted by molar-refractivity contribution is -0.131. The highest BCUT2D eigenvalue weighted by Crippen LogP contribution is 2.30. The van der Waals surface area contributed by atoms with Gasteiger partial charge >= 0.3 is 0 Å². The Kier molecular flexibility index (Phi) is 6.04. The number of ketones is 1. The minimum atomic E-state index is -1.20. The van der Waals surface area contributed by atoms with E-state index in [2.05, 4.69) is 10.6 Å². The van der Waals surface area contributed by atoms with Gasteiger partial charge in [0.05, 0.1) is 25.8 Å². The lowest BCUT2D eigenvalue weighted by Crippen LogP contribution is -2.51. The average molecular weight is 401 g/mol. The van der Waals surface area contributed by atoms with Crippen LogP contribution in [0.3, 0.4) is 0 Å². The monoisotopic (exact) mass is 401 g/mol.